The summed E-state index contributed by atoms with van der Waals surface area (Å²) in [6.45, 7) is 4.04. The first kappa shape index (κ1) is 13.6. The molecule has 0 bridgehead atoms. The van der Waals surface area contributed by atoms with E-state index in [-0.39, 0.29) is 5.78 Å². The summed E-state index contributed by atoms with van der Waals surface area (Å²) < 4.78 is 0.917. The lowest BCUT2D eigenvalue weighted by Gasteiger charge is -2.07. The highest BCUT2D eigenvalue weighted by molar-refractivity contribution is 14.1. The van der Waals surface area contributed by atoms with Crippen LogP contribution in [0.1, 0.15) is 27.0 Å². The Bertz CT molecular complexity index is 620. The highest BCUT2D eigenvalue weighted by Gasteiger charge is 2.13. The number of aryl methyl sites for hydroxylation is 2. The molecule has 0 amide bonds. The normalized spacial score (nSPS) is 10.4. The molecule has 1 nitrogen and oxygen atoms in total. The van der Waals surface area contributed by atoms with Crippen LogP contribution < -0.4 is 0 Å². The maximum atomic E-state index is 12.4. The summed E-state index contributed by atoms with van der Waals surface area (Å²) in [5.41, 5.74) is 3.68. The minimum atomic E-state index is 0.0185. The average molecular weight is 371 g/mol. The van der Waals surface area contributed by atoms with E-state index in [1.54, 1.807) is 12.1 Å². The monoisotopic (exact) mass is 370 g/mol. The zero-order valence-corrected chi connectivity index (χ0v) is 13.0. The fraction of sp³-hybridized carbons (Fsp3) is 0.133. The van der Waals surface area contributed by atoms with Crippen LogP contribution in [0.3, 0.4) is 0 Å². The number of benzene rings is 2. The van der Waals surface area contributed by atoms with E-state index in [2.05, 4.69) is 22.6 Å². The lowest BCUT2D eigenvalue weighted by Crippen LogP contribution is -2.04. The van der Waals surface area contributed by atoms with Crippen molar-refractivity contribution in [3.05, 3.63) is 67.2 Å². The molecule has 2 aromatic carbocycles. The van der Waals surface area contributed by atoms with Gasteiger partial charge < -0.3 is 0 Å². The highest BCUT2D eigenvalue weighted by Crippen LogP contribution is 2.22. The first-order valence-corrected chi connectivity index (χ1v) is 7.01. The van der Waals surface area contributed by atoms with Crippen LogP contribution in [0.15, 0.2) is 36.4 Å². The molecule has 0 atom stereocenters. The molecule has 0 aliphatic rings. The fourth-order valence-corrected chi connectivity index (χ4v) is 2.46. The topological polar surface area (TPSA) is 17.1 Å². The molecule has 0 radical (unpaired) electrons. The Morgan fingerprint density at radius 1 is 1.06 bits per heavy atom. The van der Waals surface area contributed by atoms with Crippen molar-refractivity contribution >= 4 is 40.0 Å². The number of halogens is 2. The number of carbonyl (C=O) groups excluding carboxylic acids is 1. The Labute approximate surface area is 125 Å². The Morgan fingerprint density at radius 3 is 2.44 bits per heavy atom. The third kappa shape index (κ3) is 2.75. The molecule has 0 saturated heterocycles. The van der Waals surface area contributed by atoms with Gasteiger partial charge in [-0.1, -0.05) is 23.7 Å². The molecule has 2 rings (SSSR count). The van der Waals surface area contributed by atoms with E-state index >= 15 is 0 Å². The lowest BCUT2D eigenvalue weighted by atomic mass is 9.99. The number of hydrogen-bond acceptors (Lipinski definition) is 1. The molecular weight excluding hydrogens is 359 g/mol. The molecule has 92 valence electrons. The van der Waals surface area contributed by atoms with E-state index in [0.717, 1.165) is 9.13 Å². The van der Waals surface area contributed by atoms with Gasteiger partial charge in [-0.05, 0) is 71.8 Å². The molecule has 0 aromatic heterocycles. The highest BCUT2D eigenvalue weighted by atomic mass is 127. The van der Waals surface area contributed by atoms with Crippen LogP contribution in [0.4, 0.5) is 0 Å². The summed E-state index contributed by atoms with van der Waals surface area (Å²) in [6.07, 6.45) is 0. The van der Waals surface area contributed by atoms with E-state index < -0.39 is 0 Å². The molecule has 18 heavy (non-hydrogen) atoms. The molecule has 0 N–H and O–H groups in total. The average Bonchev–Trinajstić information content (AvgIpc) is 2.35. The van der Waals surface area contributed by atoms with Crippen LogP contribution in [0.5, 0.6) is 0 Å². The van der Waals surface area contributed by atoms with Crippen molar-refractivity contribution in [2.75, 3.05) is 0 Å². The predicted octanol–water partition coefficient (Wildman–Crippen LogP) is 4.79. The van der Waals surface area contributed by atoms with Crippen molar-refractivity contribution in [2.45, 2.75) is 13.8 Å². The number of rotatable bonds is 2. The van der Waals surface area contributed by atoms with Gasteiger partial charge in [0, 0.05) is 19.7 Å². The summed E-state index contributed by atoms with van der Waals surface area (Å²) in [7, 11) is 0. The predicted molar refractivity (Wildman–Crippen MR) is 83.5 cm³/mol. The van der Waals surface area contributed by atoms with Gasteiger partial charge in [-0.25, -0.2) is 0 Å². The quantitative estimate of drug-likeness (QED) is 0.548. The van der Waals surface area contributed by atoms with Crippen molar-refractivity contribution in [1.29, 1.82) is 0 Å². The van der Waals surface area contributed by atoms with Gasteiger partial charge in [-0.3, -0.25) is 4.79 Å². The third-order valence-corrected chi connectivity index (χ3v) is 4.12. The largest absolute Gasteiger partial charge is 0.289 e. The Morgan fingerprint density at radius 2 is 1.78 bits per heavy atom. The van der Waals surface area contributed by atoms with Crippen LogP contribution in [0, 0.1) is 17.4 Å². The molecule has 0 spiro atoms. The fourth-order valence-electron chi connectivity index (χ4n) is 1.71. The molecule has 0 aliphatic heterocycles. The minimum Gasteiger partial charge on any atom is -0.289 e. The zero-order valence-electron chi connectivity index (χ0n) is 10.1. The molecular formula is C15H12ClIO. The molecule has 0 aliphatic carbocycles. The summed E-state index contributed by atoms with van der Waals surface area (Å²) in [5.74, 6) is 0.0185. The molecule has 0 fully saturated rings. The van der Waals surface area contributed by atoms with Gasteiger partial charge in [-0.2, -0.15) is 0 Å². The summed E-state index contributed by atoms with van der Waals surface area (Å²) in [6, 6.07) is 11.1. The molecule has 0 saturated carbocycles. The number of hydrogen-bond donors (Lipinski definition) is 0. The molecule has 2 aromatic rings. The van der Waals surface area contributed by atoms with Crippen LogP contribution in [0.2, 0.25) is 5.02 Å². The Balaban J connectivity index is 2.47. The number of ketones is 1. The van der Waals surface area contributed by atoms with Crippen molar-refractivity contribution in [3.63, 3.8) is 0 Å². The maximum absolute atomic E-state index is 12.4. The van der Waals surface area contributed by atoms with Crippen molar-refractivity contribution in [1.82, 2.24) is 0 Å². The summed E-state index contributed by atoms with van der Waals surface area (Å²) in [4.78, 5) is 12.4. The first-order chi connectivity index (χ1) is 8.49. The Kier molecular flexibility index (Phi) is 4.07. The smallest absolute Gasteiger partial charge is 0.194 e. The van der Waals surface area contributed by atoms with Gasteiger partial charge in [0.15, 0.2) is 5.78 Å². The molecule has 3 heteroatoms. The van der Waals surface area contributed by atoms with Crippen molar-refractivity contribution < 1.29 is 4.79 Å². The van der Waals surface area contributed by atoms with Crippen LogP contribution in [-0.2, 0) is 0 Å². The van der Waals surface area contributed by atoms with Crippen LogP contribution in [-0.4, -0.2) is 5.78 Å². The maximum Gasteiger partial charge on any atom is 0.194 e. The van der Waals surface area contributed by atoms with E-state index in [4.69, 9.17) is 11.6 Å². The minimum absolute atomic E-state index is 0.0185. The van der Waals surface area contributed by atoms with Gasteiger partial charge >= 0.3 is 0 Å². The number of carbonyl (C=O) groups is 1. The van der Waals surface area contributed by atoms with Gasteiger partial charge in [0.2, 0.25) is 0 Å². The van der Waals surface area contributed by atoms with Crippen LogP contribution >= 0.6 is 34.2 Å². The second-order valence-electron chi connectivity index (χ2n) is 4.25. The first-order valence-electron chi connectivity index (χ1n) is 5.56. The molecule has 0 heterocycles. The van der Waals surface area contributed by atoms with E-state index in [1.165, 1.54) is 5.56 Å². The zero-order chi connectivity index (χ0) is 13.3. The summed E-state index contributed by atoms with van der Waals surface area (Å²) in [5, 5.41) is 0.586. The van der Waals surface area contributed by atoms with Gasteiger partial charge in [-0.15, -0.1) is 0 Å². The van der Waals surface area contributed by atoms with E-state index in [1.807, 2.05) is 38.1 Å². The van der Waals surface area contributed by atoms with Crippen molar-refractivity contribution in [3.8, 4) is 0 Å². The van der Waals surface area contributed by atoms with Gasteiger partial charge in [0.05, 0.1) is 0 Å². The lowest BCUT2D eigenvalue weighted by molar-refractivity contribution is 0.103. The SMILES string of the molecule is Cc1ccc(C(=O)c2cc(Cl)ccc2I)cc1C. The van der Waals surface area contributed by atoms with Gasteiger partial charge in [0.25, 0.3) is 0 Å². The standard InChI is InChI=1S/C15H12ClIO/c1-9-3-4-11(7-10(9)2)15(18)13-8-12(16)5-6-14(13)17/h3-8H,1-2H3. The van der Waals surface area contributed by atoms with Gasteiger partial charge in [0.1, 0.15) is 0 Å². The third-order valence-electron chi connectivity index (χ3n) is 2.94. The van der Waals surface area contributed by atoms with E-state index in [0.29, 0.717) is 16.1 Å². The summed E-state index contributed by atoms with van der Waals surface area (Å²) >= 11 is 8.10. The van der Waals surface area contributed by atoms with Crippen molar-refractivity contribution in [2.24, 2.45) is 0 Å². The second kappa shape index (κ2) is 5.41. The second-order valence-corrected chi connectivity index (χ2v) is 5.85. The Hall–Kier alpha value is -0.870. The van der Waals surface area contributed by atoms with Crippen LogP contribution in [0.25, 0.3) is 0 Å². The molecule has 0 unspecified atom stereocenters. The van der Waals surface area contributed by atoms with E-state index in [9.17, 15) is 4.79 Å².